The molecule has 3 heteroatoms. The fraction of sp³-hybridized carbons (Fsp3) is 0.333. The molecule has 0 atom stereocenters. The molecule has 1 aliphatic heterocycles. The van der Waals surface area contributed by atoms with E-state index in [0.717, 1.165) is 34.1 Å². The molecule has 2 rings (SSSR count). The van der Waals surface area contributed by atoms with Crippen molar-refractivity contribution in [2.45, 2.75) is 12.8 Å². The van der Waals surface area contributed by atoms with Crippen LogP contribution in [0.15, 0.2) is 21.1 Å². The molecule has 12 heavy (non-hydrogen) atoms. The van der Waals surface area contributed by atoms with Gasteiger partial charge in [0, 0.05) is 4.47 Å². The minimum Gasteiger partial charge on any atom is -0.492 e. The largest absolute Gasteiger partial charge is 0.492 e. The van der Waals surface area contributed by atoms with Gasteiger partial charge >= 0.3 is 0 Å². The molecule has 0 saturated heterocycles. The highest BCUT2D eigenvalue weighted by Gasteiger charge is 2.13. The van der Waals surface area contributed by atoms with Crippen LogP contribution in [0.5, 0.6) is 5.75 Å². The molecule has 0 spiro atoms. The molecule has 0 aromatic heterocycles. The first-order chi connectivity index (χ1) is 5.77. The van der Waals surface area contributed by atoms with Crippen LogP contribution in [-0.4, -0.2) is 6.61 Å². The predicted octanol–water partition coefficient (Wildman–Crippen LogP) is 3.54. The number of ether oxygens (including phenoxy) is 1. The number of aryl methyl sites for hydroxylation is 1. The summed E-state index contributed by atoms with van der Waals surface area (Å²) in [5.74, 6) is 1.02. The zero-order chi connectivity index (χ0) is 8.55. The molecule has 0 amide bonds. The lowest BCUT2D eigenvalue weighted by atomic mass is 10.1. The van der Waals surface area contributed by atoms with Crippen molar-refractivity contribution < 1.29 is 4.74 Å². The van der Waals surface area contributed by atoms with Crippen LogP contribution in [0.3, 0.4) is 0 Å². The Balaban J connectivity index is 2.53. The smallest absolute Gasteiger partial charge is 0.136 e. The number of fused-ring (bicyclic) bond motifs is 1. The number of halogens is 2. The highest BCUT2D eigenvalue weighted by atomic mass is 79.9. The molecule has 1 heterocycles. The Bertz CT molecular complexity index is 310. The van der Waals surface area contributed by atoms with Crippen LogP contribution in [0.25, 0.3) is 0 Å². The second-order valence-corrected chi connectivity index (χ2v) is 4.60. The van der Waals surface area contributed by atoms with E-state index in [0.29, 0.717) is 0 Å². The second-order valence-electron chi connectivity index (χ2n) is 2.83. The van der Waals surface area contributed by atoms with Crippen molar-refractivity contribution in [1.29, 1.82) is 0 Å². The van der Waals surface area contributed by atoms with E-state index in [2.05, 4.69) is 37.9 Å². The van der Waals surface area contributed by atoms with Gasteiger partial charge in [-0.3, -0.25) is 0 Å². The highest BCUT2D eigenvalue weighted by Crippen LogP contribution is 2.35. The lowest BCUT2D eigenvalue weighted by Crippen LogP contribution is -2.08. The SMILES string of the molecule is Brc1cc(Br)c2c(c1)CCCO2. The van der Waals surface area contributed by atoms with E-state index in [9.17, 15) is 0 Å². The van der Waals surface area contributed by atoms with Gasteiger partial charge in [-0.05, 0) is 46.5 Å². The Morgan fingerprint density at radius 2 is 2.08 bits per heavy atom. The standard InChI is InChI=1S/C9H8Br2O/c10-7-4-6-2-1-3-12-9(6)8(11)5-7/h4-5H,1-3H2. The van der Waals surface area contributed by atoms with Gasteiger partial charge in [-0.1, -0.05) is 15.9 Å². The summed E-state index contributed by atoms with van der Waals surface area (Å²) in [6.07, 6.45) is 2.24. The average Bonchev–Trinajstić information content (AvgIpc) is 2.04. The quantitative estimate of drug-likeness (QED) is 0.710. The van der Waals surface area contributed by atoms with E-state index in [-0.39, 0.29) is 0 Å². The molecule has 0 bridgehead atoms. The van der Waals surface area contributed by atoms with Crippen molar-refractivity contribution in [2.24, 2.45) is 0 Å². The Kier molecular flexibility index (Phi) is 2.42. The summed E-state index contributed by atoms with van der Waals surface area (Å²) < 4.78 is 7.70. The third-order valence-corrected chi connectivity index (χ3v) is 2.97. The lowest BCUT2D eigenvalue weighted by molar-refractivity contribution is 0.286. The Hall–Kier alpha value is -0.0200. The Morgan fingerprint density at radius 1 is 1.25 bits per heavy atom. The molecule has 64 valence electrons. The maximum Gasteiger partial charge on any atom is 0.136 e. The molecule has 0 aliphatic carbocycles. The molecule has 1 aromatic rings. The van der Waals surface area contributed by atoms with E-state index in [1.807, 2.05) is 6.07 Å². The van der Waals surface area contributed by atoms with E-state index < -0.39 is 0 Å². The van der Waals surface area contributed by atoms with Crippen LogP contribution in [-0.2, 0) is 6.42 Å². The third-order valence-electron chi connectivity index (χ3n) is 1.92. The van der Waals surface area contributed by atoms with Crippen LogP contribution in [0.2, 0.25) is 0 Å². The summed E-state index contributed by atoms with van der Waals surface area (Å²) in [7, 11) is 0. The van der Waals surface area contributed by atoms with Crippen LogP contribution < -0.4 is 4.74 Å². The number of benzene rings is 1. The molecule has 1 nitrogen and oxygen atoms in total. The summed E-state index contributed by atoms with van der Waals surface area (Å²) in [4.78, 5) is 0. The maximum atomic E-state index is 5.54. The molecule has 1 aliphatic rings. The van der Waals surface area contributed by atoms with Crippen molar-refractivity contribution in [3.05, 3.63) is 26.6 Å². The zero-order valence-corrected chi connectivity index (χ0v) is 9.61. The first kappa shape index (κ1) is 8.57. The number of hydrogen-bond acceptors (Lipinski definition) is 1. The van der Waals surface area contributed by atoms with Crippen molar-refractivity contribution in [3.63, 3.8) is 0 Å². The molecule has 0 saturated carbocycles. The monoisotopic (exact) mass is 290 g/mol. The fourth-order valence-corrected chi connectivity index (χ4v) is 2.83. The van der Waals surface area contributed by atoms with Crippen molar-refractivity contribution in [2.75, 3.05) is 6.61 Å². The van der Waals surface area contributed by atoms with Crippen LogP contribution in [0.4, 0.5) is 0 Å². The summed E-state index contributed by atoms with van der Waals surface area (Å²) in [6.45, 7) is 0.841. The van der Waals surface area contributed by atoms with Gasteiger partial charge in [-0.2, -0.15) is 0 Å². The van der Waals surface area contributed by atoms with Gasteiger partial charge in [0.05, 0.1) is 11.1 Å². The third kappa shape index (κ3) is 1.52. The summed E-state index contributed by atoms with van der Waals surface area (Å²) in [5, 5.41) is 0. The minimum atomic E-state index is 0.841. The van der Waals surface area contributed by atoms with E-state index in [1.54, 1.807) is 0 Å². The molecule has 0 N–H and O–H groups in total. The molecule has 1 aromatic carbocycles. The molecular weight excluding hydrogens is 284 g/mol. The van der Waals surface area contributed by atoms with Crippen LogP contribution in [0.1, 0.15) is 12.0 Å². The van der Waals surface area contributed by atoms with E-state index in [4.69, 9.17) is 4.74 Å². The average molecular weight is 292 g/mol. The second kappa shape index (κ2) is 3.38. The van der Waals surface area contributed by atoms with Crippen molar-refractivity contribution in [1.82, 2.24) is 0 Å². The van der Waals surface area contributed by atoms with Crippen molar-refractivity contribution >= 4 is 31.9 Å². The van der Waals surface area contributed by atoms with Gasteiger partial charge in [0.25, 0.3) is 0 Å². The molecule has 0 unspecified atom stereocenters. The molecule has 0 radical (unpaired) electrons. The Morgan fingerprint density at radius 3 is 2.92 bits per heavy atom. The van der Waals surface area contributed by atoms with Gasteiger partial charge in [0.1, 0.15) is 5.75 Å². The van der Waals surface area contributed by atoms with E-state index >= 15 is 0 Å². The first-order valence-corrected chi connectivity index (χ1v) is 5.47. The van der Waals surface area contributed by atoms with Gasteiger partial charge in [-0.25, -0.2) is 0 Å². The van der Waals surface area contributed by atoms with Crippen LogP contribution in [0, 0.1) is 0 Å². The lowest BCUT2D eigenvalue weighted by Gasteiger charge is -2.18. The zero-order valence-electron chi connectivity index (χ0n) is 6.44. The molecular formula is C9H8Br2O. The highest BCUT2D eigenvalue weighted by molar-refractivity contribution is 9.11. The summed E-state index contributed by atoms with van der Waals surface area (Å²) in [5.41, 5.74) is 1.29. The number of hydrogen-bond donors (Lipinski definition) is 0. The first-order valence-electron chi connectivity index (χ1n) is 3.88. The van der Waals surface area contributed by atoms with Crippen LogP contribution >= 0.6 is 31.9 Å². The summed E-state index contributed by atoms with van der Waals surface area (Å²) in [6, 6.07) is 4.14. The van der Waals surface area contributed by atoms with Gasteiger partial charge < -0.3 is 4.74 Å². The molecule has 0 fully saturated rings. The fourth-order valence-electron chi connectivity index (χ4n) is 1.40. The Labute approximate surface area is 88.4 Å². The minimum absolute atomic E-state index is 0.841. The number of rotatable bonds is 0. The van der Waals surface area contributed by atoms with Crippen molar-refractivity contribution in [3.8, 4) is 5.75 Å². The normalized spacial score (nSPS) is 15.2. The maximum absolute atomic E-state index is 5.54. The topological polar surface area (TPSA) is 9.23 Å². The predicted molar refractivity (Wildman–Crippen MR) is 55.7 cm³/mol. The summed E-state index contributed by atoms with van der Waals surface area (Å²) >= 11 is 6.93. The van der Waals surface area contributed by atoms with Gasteiger partial charge in [0.2, 0.25) is 0 Å². The van der Waals surface area contributed by atoms with Gasteiger partial charge in [0.15, 0.2) is 0 Å². The van der Waals surface area contributed by atoms with E-state index in [1.165, 1.54) is 5.56 Å². The van der Waals surface area contributed by atoms with Gasteiger partial charge in [-0.15, -0.1) is 0 Å².